The average molecular weight is 595 g/mol. The van der Waals surface area contributed by atoms with Gasteiger partial charge in [0.2, 0.25) is 11.8 Å². The molecule has 42 heavy (non-hydrogen) atoms. The molecule has 0 saturated carbocycles. The summed E-state index contributed by atoms with van der Waals surface area (Å²) in [4.78, 5) is 56.4. The van der Waals surface area contributed by atoms with Crippen LogP contribution in [0.4, 0.5) is 0 Å². The van der Waals surface area contributed by atoms with Gasteiger partial charge in [0.15, 0.2) is 5.69 Å². The maximum absolute atomic E-state index is 13.7. The lowest BCUT2D eigenvalue weighted by Gasteiger charge is -2.27. The molecule has 3 aromatic rings. The van der Waals surface area contributed by atoms with Crippen molar-refractivity contribution < 1.29 is 23.9 Å². The third-order valence-corrected chi connectivity index (χ3v) is 8.96. The molecular weight excluding hydrogens is 556 g/mol. The number of thiophene rings is 1. The van der Waals surface area contributed by atoms with E-state index in [4.69, 9.17) is 4.74 Å². The van der Waals surface area contributed by atoms with Crippen molar-refractivity contribution in [2.75, 3.05) is 46.4 Å². The highest BCUT2D eigenvalue weighted by atomic mass is 32.1. The van der Waals surface area contributed by atoms with E-state index >= 15 is 0 Å². The van der Waals surface area contributed by atoms with Gasteiger partial charge in [-0.3, -0.25) is 23.9 Å². The van der Waals surface area contributed by atoms with Gasteiger partial charge in [-0.15, -0.1) is 11.3 Å². The number of nitrogens with zero attached hydrogens (tertiary/aromatic N) is 4. The summed E-state index contributed by atoms with van der Waals surface area (Å²) in [5, 5.41) is 13.3. The Hall–Kier alpha value is -3.77. The Kier molecular flexibility index (Phi) is 9.53. The van der Waals surface area contributed by atoms with Crippen molar-refractivity contribution in [1.82, 2.24) is 30.2 Å². The molecule has 1 aromatic carbocycles. The molecule has 2 aliphatic rings. The zero-order valence-electron chi connectivity index (χ0n) is 24.2. The van der Waals surface area contributed by atoms with Gasteiger partial charge in [0.05, 0.1) is 18.7 Å². The fourth-order valence-corrected chi connectivity index (χ4v) is 6.73. The van der Waals surface area contributed by atoms with Crippen LogP contribution in [0.2, 0.25) is 0 Å². The second-order valence-electron chi connectivity index (χ2n) is 10.9. The van der Waals surface area contributed by atoms with Crippen LogP contribution in [0.3, 0.4) is 0 Å². The van der Waals surface area contributed by atoms with Crippen LogP contribution in [-0.4, -0.2) is 95.7 Å². The highest BCUT2D eigenvalue weighted by molar-refractivity contribution is 7.17. The van der Waals surface area contributed by atoms with E-state index in [1.807, 2.05) is 36.7 Å². The molecule has 4 amide bonds. The minimum atomic E-state index is -0.252. The lowest BCUT2D eigenvalue weighted by atomic mass is 9.91. The summed E-state index contributed by atoms with van der Waals surface area (Å²) in [6, 6.07) is 7.66. The number of hydrogen-bond acceptors (Lipinski definition) is 7. The molecule has 12 heteroatoms. The van der Waals surface area contributed by atoms with Gasteiger partial charge >= 0.3 is 0 Å². The Labute approximate surface area is 249 Å². The lowest BCUT2D eigenvalue weighted by molar-refractivity contribution is -0.137. The van der Waals surface area contributed by atoms with Crippen LogP contribution in [0.5, 0.6) is 0 Å². The van der Waals surface area contributed by atoms with E-state index in [1.54, 1.807) is 16.7 Å². The molecule has 11 nitrogen and oxygen atoms in total. The number of carbonyl (C=O) groups excluding carboxylic acids is 4. The molecule has 2 N–H and O–H groups in total. The summed E-state index contributed by atoms with van der Waals surface area (Å²) in [6.07, 6.45) is 3.13. The summed E-state index contributed by atoms with van der Waals surface area (Å²) >= 11 is 1.53. The maximum Gasteiger partial charge on any atom is 0.272 e. The third-order valence-electron chi connectivity index (χ3n) is 8.00. The summed E-state index contributed by atoms with van der Waals surface area (Å²) in [5.74, 6) is -0.742. The van der Waals surface area contributed by atoms with Crippen LogP contribution in [0.15, 0.2) is 29.6 Å². The minimum Gasteiger partial charge on any atom is -0.383 e. The van der Waals surface area contributed by atoms with Crippen LogP contribution < -0.4 is 10.6 Å². The molecular formula is C30H38N6O5S. The molecule has 0 radical (unpaired) electrons. The zero-order valence-corrected chi connectivity index (χ0v) is 25.0. The number of carbonyl (C=O) groups is 4. The van der Waals surface area contributed by atoms with E-state index in [2.05, 4.69) is 15.7 Å². The molecule has 1 aliphatic carbocycles. The van der Waals surface area contributed by atoms with Crippen LogP contribution in [0, 0.1) is 0 Å². The zero-order chi connectivity index (χ0) is 29.6. The van der Waals surface area contributed by atoms with Crippen LogP contribution >= 0.6 is 11.3 Å². The molecule has 0 spiro atoms. The topological polar surface area (TPSA) is 126 Å². The van der Waals surface area contributed by atoms with Crippen LogP contribution in [0.1, 0.15) is 57.8 Å². The molecule has 0 fully saturated rings. The van der Waals surface area contributed by atoms with Crippen molar-refractivity contribution >= 4 is 45.1 Å². The standard InChI is InChI=1S/C30H38N6O5S/c1-34-24-11-10-20-17-22(24)28(33-34)29(39)31-12-6-14-35(30(40)23-19-42-25-8-4-3-7-21(23)25)13-5-9-27(38)36(15-16-41-2)18-26(37)32-20/h3-4,7-8,19-20H,5-6,9-18H2,1-2H3,(H,31,39)(H,32,37). The van der Waals surface area contributed by atoms with E-state index in [9.17, 15) is 19.2 Å². The number of nitrogens with one attached hydrogen (secondary N) is 2. The Bertz CT molecular complexity index is 1470. The monoisotopic (exact) mass is 594 g/mol. The smallest absolute Gasteiger partial charge is 0.272 e. The van der Waals surface area contributed by atoms with Gasteiger partial charge in [0.1, 0.15) is 0 Å². The number of amides is 4. The Balaban J connectivity index is 1.38. The van der Waals surface area contributed by atoms with Crippen molar-refractivity contribution in [1.29, 1.82) is 0 Å². The van der Waals surface area contributed by atoms with Crippen LogP contribution in [0.25, 0.3) is 10.1 Å². The van der Waals surface area contributed by atoms with Gasteiger partial charge in [0, 0.05) is 79.5 Å². The average Bonchev–Trinajstić information content (AvgIpc) is 3.56. The molecule has 1 atom stereocenters. The normalized spacial score (nSPS) is 19.3. The largest absolute Gasteiger partial charge is 0.383 e. The number of benzene rings is 1. The lowest BCUT2D eigenvalue weighted by Crippen LogP contribution is -2.47. The molecule has 2 bridgehead atoms. The molecule has 3 heterocycles. The van der Waals surface area contributed by atoms with Gasteiger partial charge in [-0.1, -0.05) is 18.2 Å². The first kappa shape index (κ1) is 29.7. The minimum absolute atomic E-state index is 0.0739. The third kappa shape index (κ3) is 6.65. The van der Waals surface area contributed by atoms with Gasteiger partial charge in [0.25, 0.3) is 11.8 Å². The van der Waals surface area contributed by atoms with Gasteiger partial charge in [-0.05, 0) is 38.2 Å². The number of aromatic nitrogens is 2. The van der Waals surface area contributed by atoms with Gasteiger partial charge in [-0.25, -0.2) is 0 Å². The second-order valence-corrected chi connectivity index (χ2v) is 11.8. The van der Waals surface area contributed by atoms with Crippen LogP contribution in [-0.2, 0) is 34.2 Å². The van der Waals surface area contributed by atoms with Crippen molar-refractivity contribution in [2.24, 2.45) is 7.05 Å². The van der Waals surface area contributed by atoms with E-state index in [1.165, 1.54) is 16.2 Å². The van der Waals surface area contributed by atoms with Gasteiger partial charge < -0.3 is 25.2 Å². The van der Waals surface area contributed by atoms with E-state index in [0.29, 0.717) is 69.7 Å². The van der Waals surface area contributed by atoms with E-state index in [-0.39, 0.29) is 42.6 Å². The maximum atomic E-state index is 13.7. The number of rotatable bonds is 4. The molecule has 0 saturated heterocycles. The first-order valence-electron chi connectivity index (χ1n) is 14.5. The number of hydrogen-bond donors (Lipinski definition) is 2. The molecule has 1 aliphatic heterocycles. The summed E-state index contributed by atoms with van der Waals surface area (Å²) in [7, 11) is 3.40. The fourth-order valence-electron chi connectivity index (χ4n) is 5.80. The number of fused-ring (bicyclic) bond motifs is 2. The highest BCUT2D eigenvalue weighted by Gasteiger charge is 2.30. The van der Waals surface area contributed by atoms with Crippen molar-refractivity contribution in [2.45, 2.75) is 44.6 Å². The molecule has 5 rings (SSSR count). The van der Waals surface area contributed by atoms with E-state index in [0.717, 1.165) is 27.8 Å². The molecule has 1 unspecified atom stereocenters. The predicted molar refractivity (Wildman–Crippen MR) is 160 cm³/mol. The summed E-state index contributed by atoms with van der Waals surface area (Å²) in [6.45, 7) is 1.72. The number of aryl methyl sites for hydroxylation is 1. The van der Waals surface area contributed by atoms with Gasteiger partial charge in [-0.2, -0.15) is 5.10 Å². The number of ether oxygens (including phenoxy) is 1. The fraction of sp³-hybridized carbons (Fsp3) is 0.500. The first-order valence-corrected chi connectivity index (χ1v) is 15.4. The molecule has 224 valence electrons. The van der Waals surface area contributed by atoms with Crippen molar-refractivity contribution in [3.8, 4) is 0 Å². The number of methoxy groups -OCH3 is 1. The predicted octanol–water partition coefficient (Wildman–Crippen LogP) is 2.14. The first-order chi connectivity index (χ1) is 20.4. The second kappa shape index (κ2) is 13.5. The van der Waals surface area contributed by atoms with Crippen molar-refractivity contribution in [3.63, 3.8) is 0 Å². The van der Waals surface area contributed by atoms with Crippen molar-refractivity contribution in [3.05, 3.63) is 52.2 Å². The highest BCUT2D eigenvalue weighted by Crippen LogP contribution is 2.27. The Morgan fingerprint density at radius 1 is 1.14 bits per heavy atom. The Morgan fingerprint density at radius 2 is 1.95 bits per heavy atom. The summed E-state index contributed by atoms with van der Waals surface area (Å²) in [5.41, 5.74) is 2.86. The quantitative estimate of drug-likeness (QED) is 0.477. The van der Waals surface area contributed by atoms with E-state index < -0.39 is 0 Å². The summed E-state index contributed by atoms with van der Waals surface area (Å²) < 4.78 is 7.99. The Morgan fingerprint density at radius 3 is 2.79 bits per heavy atom. The SMILES string of the molecule is COCCN1CC(=O)NC2CCc3c(c(nn3C)C(=O)NCCCN(C(=O)c3csc4ccccc34)CCCC1=O)C2. The molecule has 2 aromatic heterocycles.